The molecule has 0 spiro atoms. The molecule has 0 heterocycles. The molecule has 0 bridgehead atoms. The van der Waals surface area contributed by atoms with Crippen LogP contribution in [0.1, 0.15) is 25.8 Å². The highest BCUT2D eigenvalue weighted by Gasteiger charge is 2.37. The van der Waals surface area contributed by atoms with Crippen LogP contribution in [0.15, 0.2) is 30.3 Å². The maximum absolute atomic E-state index is 12.6. The van der Waals surface area contributed by atoms with Gasteiger partial charge in [-0.2, -0.15) is 0 Å². The number of nitrogens with zero attached hydrogens (tertiary/aromatic N) is 2. The van der Waals surface area contributed by atoms with Gasteiger partial charge in [0.1, 0.15) is 5.41 Å². The van der Waals surface area contributed by atoms with Crippen LogP contribution >= 0.6 is 0 Å². The fourth-order valence-corrected chi connectivity index (χ4v) is 2.32. The van der Waals surface area contributed by atoms with E-state index in [2.05, 4.69) is 10.2 Å². The van der Waals surface area contributed by atoms with Crippen molar-refractivity contribution >= 4 is 11.8 Å². The molecule has 1 aromatic rings. The average Bonchev–Trinajstić information content (AvgIpc) is 2.51. The molecule has 0 radical (unpaired) electrons. The maximum Gasteiger partial charge on any atom is 0.237 e. The lowest BCUT2D eigenvalue weighted by Gasteiger charge is -2.28. The van der Waals surface area contributed by atoms with E-state index < -0.39 is 5.41 Å². The molecule has 0 saturated carbocycles. The second-order valence-corrected chi connectivity index (χ2v) is 6.68. The molecule has 0 aliphatic rings. The van der Waals surface area contributed by atoms with Gasteiger partial charge in [-0.3, -0.25) is 9.59 Å². The summed E-state index contributed by atoms with van der Waals surface area (Å²) in [6.07, 6.45) is 0.864. The standard InChI is InChI=1S/C18H29N3O2/c1-18(2,16(22)19-12-9-13-20(3)4)17(23)21(5)14-15-10-7-6-8-11-15/h6-8,10-11H,9,12-14H2,1-5H3,(H,19,22). The molecule has 1 N–H and O–H groups in total. The van der Waals surface area contributed by atoms with Crippen molar-refractivity contribution < 1.29 is 9.59 Å². The first kappa shape index (κ1) is 19.2. The fourth-order valence-electron chi connectivity index (χ4n) is 2.32. The van der Waals surface area contributed by atoms with Gasteiger partial charge in [-0.15, -0.1) is 0 Å². The monoisotopic (exact) mass is 319 g/mol. The topological polar surface area (TPSA) is 52.7 Å². The lowest BCUT2D eigenvalue weighted by molar-refractivity contribution is -0.148. The number of carbonyl (C=O) groups is 2. The second-order valence-electron chi connectivity index (χ2n) is 6.68. The van der Waals surface area contributed by atoms with Gasteiger partial charge in [-0.25, -0.2) is 0 Å². The normalized spacial score (nSPS) is 11.4. The summed E-state index contributed by atoms with van der Waals surface area (Å²) in [4.78, 5) is 28.6. The summed E-state index contributed by atoms with van der Waals surface area (Å²) < 4.78 is 0. The van der Waals surface area contributed by atoms with E-state index in [1.165, 1.54) is 0 Å². The van der Waals surface area contributed by atoms with E-state index in [4.69, 9.17) is 0 Å². The van der Waals surface area contributed by atoms with Crippen LogP contribution < -0.4 is 5.32 Å². The molecular formula is C18H29N3O2. The highest BCUT2D eigenvalue weighted by molar-refractivity contribution is 6.04. The maximum atomic E-state index is 12.6. The predicted molar refractivity (Wildman–Crippen MR) is 92.9 cm³/mol. The van der Waals surface area contributed by atoms with Crippen LogP contribution in [0.2, 0.25) is 0 Å². The number of amides is 2. The number of hydrogen-bond acceptors (Lipinski definition) is 3. The van der Waals surface area contributed by atoms with E-state index in [0.717, 1.165) is 18.5 Å². The Hall–Kier alpha value is -1.88. The van der Waals surface area contributed by atoms with E-state index in [9.17, 15) is 9.59 Å². The Morgan fingerprint density at radius 1 is 1.09 bits per heavy atom. The van der Waals surface area contributed by atoms with Crippen LogP contribution in [-0.4, -0.2) is 55.8 Å². The lowest BCUT2D eigenvalue weighted by atomic mass is 9.90. The number of carbonyl (C=O) groups excluding carboxylic acids is 2. The molecule has 0 fully saturated rings. The Labute approximate surface area is 139 Å². The molecular weight excluding hydrogens is 290 g/mol. The molecule has 2 amide bonds. The SMILES string of the molecule is CN(C)CCCNC(=O)C(C)(C)C(=O)N(C)Cc1ccccc1. The summed E-state index contributed by atoms with van der Waals surface area (Å²) in [5.41, 5.74) is -0.0210. The first-order valence-corrected chi connectivity index (χ1v) is 7.97. The minimum atomic E-state index is -1.07. The third kappa shape index (κ3) is 6.02. The zero-order chi connectivity index (χ0) is 17.5. The van der Waals surface area contributed by atoms with Crippen molar-refractivity contribution in [2.45, 2.75) is 26.8 Å². The van der Waals surface area contributed by atoms with Crippen molar-refractivity contribution in [2.24, 2.45) is 5.41 Å². The van der Waals surface area contributed by atoms with Crippen LogP contribution in [0.3, 0.4) is 0 Å². The van der Waals surface area contributed by atoms with E-state index in [1.807, 2.05) is 44.4 Å². The summed E-state index contributed by atoms with van der Waals surface area (Å²) in [5, 5.41) is 2.86. The average molecular weight is 319 g/mol. The molecule has 1 rings (SSSR count). The summed E-state index contributed by atoms with van der Waals surface area (Å²) in [6.45, 7) is 5.34. The predicted octanol–water partition coefficient (Wildman–Crippen LogP) is 1.74. The van der Waals surface area contributed by atoms with E-state index in [-0.39, 0.29) is 11.8 Å². The molecule has 0 unspecified atom stereocenters. The van der Waals surface area contributed by atoms with Gasteiger partial charge >= 0.3 is 0 Å². The van der Waals surface area contributed by atoms with Crippen molar-refractivity contribution in [3.8, 4) is 0 Å². The quantitative estimate of drug-likeness (QED) is 0.586. The summed E-state index contributed by atoms with van der Waals surface area (Å²) in [6, 6.07) is 9.76. The summed E-state index contributed by atoms with van der Waals surface area (Å²) in [7, 11) is 5.72. The molecule has 0 saturated heterocycles. The Bertz CT molecular complexity index is 512. The van der Waals surface area contributed by atoms with Crippen molar-refractivity contribution in [3.63, 3.8) is 0 Å². The van der Waals surface area contributed by atoms with Gasteiger partial charge in [0.2, 0.25) is 11.8 Å². The van der Waals surface area contributed by atoms with Crippen LogP contribution in [-0.2, 0) is 16.1 Å². The van der Waals surface area contributed by atoms with Gasteiger partial charge < -0.3 is 15.1 Å². The van der Waals surface area contributed by atoms with Crippen molar-refractivity contribution in [1.82, 2.24) is 15.1 Å². The molecule has 0 aliphatic carbocycles. The highest BCUT2D eigenvalue weighted by Crippen LogP contribution is 2.20. The van der Waals surface area contributed by atoms with E-state index in [1.54, 1.807) is 25.8 Å². The Balaban J connectivity index is 2.55. The zero-order valence-corrected chi connectivity index (χ0v) is 14.9. The Morgan fingerprint density at radius 2 is 1.70 bits per heavy atom. The third-order valence-corrected chi connectivity index (χ3v) is 3.78. The minimum Gasteiger partial charge on any atom is -0.355 e. The first-order valence-electron chi connectivity index (χ1n) is 7.97. The Kier molecular flexibility index (Phi) is 7.23. The molecule has 0 aliphatic heterocycles. The van der Waals surface area contributed by atoms with E-state index >= 15 is 0 Å². The van der Waals surface area contributed by atoms with Gasteiger partial charge in [-0.05, 0) is 46.5 Å². The van der Waals surface area contributed by atoms with Crippen molar-refractivity contribution in [2.75, 3.05) is 34.2 Å². The zero-order valence-electron chi connectivity index (χ0n) is 14.9. The number of rotatable bonds is 8. The van der Waals surface area contributed by atoms with Crippen LogP contribution in [0.4, 0.5) is 0 Å². The third-order valence-electron chi connectivity index (χ3n) is 3.78. The van der Waals surface area contributed by atoms with Crippen LogP contribution in [0.25, 0.3) is 0 Å². The number of benzene rings is 1. The highest BCUT2D eigenvalue weighted by atomic mass is 16.2. The smallest absolute Gasteiger partial charge is 0.237 e. The fraction of sp³-hybridized carbons (Fsp3) is 0.556. The van der Waals surface area contributed by atoms with Gasteiger partial charge in [0.05, 0.1) is 0 Å². The minimum absolute atomic E-state index is 0.175. The second kappa shape index (κ2) is 8.67. The molecule has 5 nitrogen and oxygen atoms in total. The van der Waals surface area contributed by atoms with E-state index in [0.29, 0.717) is 13.1 Å². The van der Waals surface area contributed by atoms with Gasteiger partial charge in [0, 0.05) is 20.1 Å². The van der Waals surface area contributed by atoms with Crippen LogP contribution in [0, 0.1) is 5.41 Å². The molecule has 23 heavy (non-hydrogen) atoms. The number of hydrogen-bond donors (Lipinski definition) is 1. The van der Waals surface area contributed by atoms with Crippen molar-refractivity contribution in [1.29, 1.82) is 0 Å². The largest absolute Gasteiger partial charge is 0.355 e. The molecule has 128 valence electrons. The summed E-state index contributed by atoms with van der Waals surface area (Å²) >= 11 is 0. The molecule has 0 atom stereocenters. The Morgan fingerprint density at radius 3 is 2.26 bits per heavy atom. The van der Waals surface area contributed by atoms with Gasteiger partial charge in [0.25, 0.3) is 0 Å². The molecule has 1 aromatic carbocycles. The van der Waals surface area contributed by atoms with Gasteiger partial charge in [0.15, 0.2) is 0 Å². The number of nitrogens with one attached hydrogen (secondary N) is 1. The first-order chi connectivity index (χ1) is 10.7. The molecule has 0 aromatic heterocycles. The molecule has 5 heteroatoms. The summed E-state index contributed by atoms with van der Waals surface area (Å²) in [5.74, 6) is -0.396. The van der Waals surface area contributed by atoms with Crippen molar-refractivity contribution in [3.05, 3.63) is 35.9 Å². The van der Waals surface area contributed by atoms with Crippen LogP contribution in [0.5, 0.6) is 0 Å². The lowest BCUT2D eigenvalue weighted by Crippen LogP contribution is -2.48. The van der Waals surface area contributed by atoms with Gasteiger partial charge in [-0.1, -0.05) is 30.3 Å².